The van der Waals surface area contributed by atoms with Gasteiger partial charge < -0.3 is 9.84 Å². The molecule has 0 aliphatic rings. The summed E-state index contributed by atoms with van der Waals surface area (Å²) in [5.74, 6) is -0.0997. The van der Waals surface area contributed by atoms with Gasteiger partial charge in [-0.15, -0.1) is 0 Å². The smallest absolute Gasteiger partial charge is 0.261 e. The Bertz CT molecular complexity index is 1370. The van der Waals surface area contributed by atoms with Gasteiger partial charge in [-0.1, -0.05) is 53.2 Å². The number of hydrogen-bond acceptors (Lipinski definition) is 5. The summed E-state index contributed by atoms with van der Waals surface area (Å²) in [6, 6.07) is 21.4. The van der Waals surface area contributed by atoms with Crippen LogP contribution in [0.3, 0.4) is 0 Å². The molecule has 0 aliphatic heterocycles. The van der Waals surface area contributed by atoms with Gasteiger partial charge in [0.25, 0.3) is 15.9 Å². The third kappa shape index (κ3) is 4.66. The minimum atomic E-state index is -3.87. The second-order valence-corrected chi connectivity index (χ2v) is 9.04. The van der Waals surface area contributed by atoms with Crippen LogP contribution in [0.2, 0.25) is 5.02 Å². The van der Waals surface area contributed by atoms with Crippen LogP contribution in [0.5, 0.6) is 0 Å². The summed E-state index contributed by atoms with van der Waals surface area (Å²) in [6.45, 7) is 1.64. The fraction of sp³-hybridized carbons (Fsp3) is 0.0435. The Labute approximate surface area is 190 Å². The fourth-order valence-electron chi connectivity index (χ4n) is 3.10. The predicted molar refractivity (Wildman–Crippen MR) is 123 cm³/mol. The molecule has 2 N–H and O–H groups in total. The van der Waals surface area contributed by atoms with Crippen molar-refractivity contribution in [1.29, 1.82) is 0 Å². The van der Waals surface area contributed by atoms with Crippen molar-refractivity contribution in [2.45, 2.75) is 11.8 Å². The highest BCUT2D eigenvalue weighted by Gasteiger charge is 2.22. The second kappa shape index (κ2) is 8.86. The van der Waals surface area contributed by atoms with E-state index >= 15 is 0 Å². The molecular formula is C23H18ClN3O4S. The zero-order valence-electron chi connectivity index (χ0n) is 16.9. The molecule has 0 atom stereocenters. The predicted octanol–water partition coefficient (Wildman–Crippen LogP) is 5.36. The van der Waals surface area contributed by atoms with E-state index in [4.69, 9.17) is 16.1 Å². The minimum absolute atomic E-state index is 0.00410. The van der Waals surface area contributed by atoms with Gasteiger partial charge in [-0.25, -0.2) is 8.42 Å². The number of nitrogens with one attached hydrogen (secondary N) is 2. The molecule has 0 bridgehead atoms. The van der Waals surface area contributed by atoms with Gasteiger partial charge in [-0.05, 0) is 49.4 Å². The first-order valence-corrected chi connectivity index (χ1v) is 11.4. The van der Waals surface area contributed by atoms with Crippen molar-refractivity contribution >= 4 is 38.9 Å². The monoisotopic (exact) mass is 467 g/mol. The molecule has 4 rings (SSSR count). The topological polar surface area (TPSA) is 101 Å². The van der Waals surface area contributed by atoms with Crippen molar-refractivity contribution in [3.63, 3.8) is 0 Å². The number of carbonyl (C=O) groups is 1. The molecule has 0 fully saturated rings. The first-order chi connectivity index (χ1) is 15.3. The van der Waals surface area contributed by atoms with Gasteiger partial charge in [0.2, 0.25) is 0 Å². The van der Waals surface area contributed by atoms with Gasteiger partial charge in [-0.3, -0.25) is 9.52 Å². The molecule has 3 aromatic carbocycles. The first kappa shape index (κ1) is 21.6. The summed E-state index contributed by atoms with van der Waals surface area (Å²) < 4.78 is 33.3. The SMILES string of the molecule is Cc1onc(-c2ccccc2)c1C(=O)Nc1cccc(S(=O)(=O)Nc2ccc(Cl)cc2)c1. The number of aromatic nitrogens is 1. The Morgan fingerprint density at radius 2 is 1.66 bits per heavy atom. The standard InChI is InChI=1S/C23H18ClN3O4S/c1-15-21(22(26-31-15)16-6-3-2-4-7-16)23(28)25-19-8-5-9-20(14-19)32(29,30)27-18-12-10-17(24)11-13-18/h2-14,27H,1H3,(H,25,28). The van der Waals surface area contributed by atoms with E-state index < -0.39 is 15.9 Å². The molecule has 0 saturated heterocycles. The van der Waals surface area contributed by atoms with E-state index in [-0.39, 0.29) is 10.5 Å². The quantitative estimate of drug-likeness (QED) is 0.397. The number of carbonyl (C=O) groups excluding carboxylic acids is 1. The first-order valence-electron chi connectivity index (χ1n) is 9.55. The van der Waals surface area contributed by atoms with Crippen molar-refractivity contribution in [1.82, 2.24) is 5.16 Å². The molecule has 0 aliphatic carbocycles. The zero-order valence-corrected chi connectivity index (χ0v) is 18.4. The molecule has 0 unspecified atom stereocenters. The van der Waals surface area contributed by atoms with Gasteiger partial charge >= 0.3 is 0 Å². The summed E-state index contributed by atoms with van der Waals surface area (Å²) in [5.41, 5.74) is 2.11. The van der Waals surface area contributed by atoms with Crippen molar-refractivity contribution < 1.29 is 17.7 Å². The van der Waals surface area contributed by atoms with Crippen LogP contribution in [0.25, 0.3) is 11.3 Å². The van der Waals surface area contributed by atoms with Crippen molar-refractivity contribution in [2.24, 2.45) is 0 Å². The van der Waals surface area contributed by atoms with Gasteiger partial charge in [0.1, 0.15) is 17.0 Å². The highest BCUT2D eigenvalue weighted by Crippen LogP contribution is 2.27. The van der Waals surface area contributed by atoms with E-state index in [1.807, 2.05) is 30.3 Å². The van der Waals surface area contributed by atoms with Crippen LogP contribution in [-0.4, -0.2) is 19.5 Å². The van der Waals surface area contributed by atoms with Gasteiger partial charge in [0, 0.05) is 22.0 Å². The Hall–Kier alpha value is -3.62. The number of sulfonamides is 1. The van der Waals surface area contributed by atoms with Gasteiger partial charge in [0.15, 0.2) is 0 Å². The molecule has 0 radical (unpaired) electrons. The van der Waals surface area contributed by atoms with E-state index in [2.05, 4.69) is 15.2 Å². The molecule has 0 spiro atoms. The van der Waals surface area contributed by atoms with Crippen molar-refractivity contribution in [3.8, 4) is 11.3 Å². The van der Waals surface area contributed by atoms with Crippen LogP contribution in [0.15, 0.2) is 88.3 Å². The zero-order chi connectivity index (χ0) is 22.7. The van der Waals surface area contributed by atoms with Crippen LogP contribution in [-0.2, 0) is 10.0 Å². The lowest BCUT2D eigenvalue weighted by molar-refractivity contribution is 0.102. The average Bonchev–Trinajstić information content (AvgIpc) is 3.17. The maximum absolute atomic E-state index is 13.0. The van der Waals surface area contributed by atoms with Crippen LogP contribution < -0.4 is 10.0 Å². The number of halogens is 1. The van der Waals surface area contributed by atoms with Crippen LogP contribution >= 0.6 is 11.6 Å². The molecule has 32 heavy (non-hydrogen) atoms. The third-order valence-corrected chi connectivity index (χ3v) is 6.27. The molecule has 0 saturated carbocycles. The van der Waals surface area contributed by atoms with Gasteiger partial charge in [-0.2, -0.15) is 0 Å². The number of aryl methyl sites for hydroxylation is 1. The van der Waals surface area contributed by atoms with Crippen LogP contribution in [0.1, 0.15) is 16.1 Å². The van der Waals surface area contributed by atoms with E-state index in [1.54, 1.807) is 43.3 Å². The molecule has 1 amide bonds. The maximum Gasteiger partial charge on any atom is 0.261 e. The van der Waals surface area contributed by atoms with Crippen LogP contribution in [0, 0.1) is 6.92 Å². The number of anilines is 2. The molecule has 1 heterocycles. The summed E-state index contributed by atoms with van der Waals surface area (Å²) in [5, 5.41) is 7.23. The van der Waals surface area contributed by atoms with E-state index in [0.717, 1.165) is 5.56 Å². The molecule has 1 aromatic heterocycles. The number of rotatable bonds is 6. The van der Waals surface area contributed by atoms with Crippen molar-refractivity contribution in [3.05, 3.63) is 95.2 Å². The van der Waals surface area contributed by atoms with E-state index in [9.17, 15) is 13.2 Å². The lowest BCUT2D eigenvalue weighted by Gasteiger charge is -2.10. The normalized spacial score (nSPS) is 11.2. The average molecular weight is 468 g/mol. The Kier molecular flexibility index (Phi) is 5.98. The number of hydrogen-bond donors (Lipinski definition) is 2. The highest BCUT2D eigenvalue weighted by molar-refractivity contribution is 7.92. The molecule has 9 heteroatoms. The number of amides is 1. The lowest BCUT2D eigenvalue weighted by Crippen LogP contribution is -2.15. The Balaban J connectivity index is 1.58. The summed E-state index contributed by atoms with van der Waals surface area (Å²) >= 11 is 5.84. The lowest BCUT2D eigenvalue weighted by atomic mass is 10.1. The van der Waals surface area contributed by atoms with Gasteiger partial charge in [0.05, 0.1) is 4.90 Å². The van der Waals surface area contributed by atoms with Crippen molar-refractivity contribution in [2.75, 3.05) is 10.0 Å². The summed E-state index contributed by atoms with van der Waals surface area (Å²) in [6.07, 6.45) is 0. The largest absolute Gasteiger partial charge is 0.360 e. The number of benzene rings is 3. The third-order valence-electron chi connectivity index (χ3n) is 4.64. The maximum atomic E-state index is 13.0. The highest BCUT2D eigenvalue weighted by atomic mass is 35.5. The summed E-state index contributed by atoms with van der Waals surface area (Å²) in [7, 11) is -3.87. The van der Waals surface area contributed by atoms with E-state index in [0.29, 0.717) is 27.9 Å². The second-order valence-electron chi connectivity index (χ2n) is 6.92. The molecule has 162 valence electrons. The van der Waals surface area contributed by atoms with E-state index in [1.165, 1.54) is 12.1 Å². The Morgan fingerprint density at radius 3 is 2.38 bits per heavy atom. The number of nitrogens with zero attached hydrogens (tertiary/aromatic N) is 1. The summed E-state index contributed by atoms with van der Waals surface area (Å²) in [4.78, 5) is 13.0. The molecule has 4 aromatic rings. The minimum Gasteiger partial charge on any atom is -0.360 e. The Morgan fingerprint density at radius 1 is 0.938 bits per heavy atom. The van der Waals surface area contributed by atoms with Crippen LogP contribution in [0.4, 0.5) is 11.4 Å². The molecule has 7 nitrogen and oxygen atoms in total. The molecular weight excluding hydrogens is 450 g/mol. The fourth-order valence-corrected chi connectivity index (χ4v) is 4.33.